The van der Waals surface area contributed by atoms with E-state index in [0.29, 0.717) is 37.8 Å². The Hall–Kier alpha value is -2.46. The number of thioether (sulfide) groups is 1. The fraction of sp³-hybridized carbons (Fsp3) is 0.615. The molecule has 3 aliphatic rings. The predicted molar refractivity (Wildman–Crippen MR) is 136 cm³/mol. The molecule has 0 aromatic heterocycles. The van der Waals surface area contributed by atoms with Crippen LogP contribution in [0, 0.1) is 17.7 Å². The highest BCUT2D eigenvalue weighted by molar-refractivity contribution is 8.14. The Labute approximate surface area is 215 Å². The minimum Gasteiger partial charge on any atom is -0.381 e. The van der Waals surface area contributed by atoms with E-state index in [4.69, 9.17) is 4.74 Å². The molecule has 1 aliphatic carbocycles. The molecule has 4 rings (SSSR count). The first-order valence-corrected chi connectivity index (χ1v) is 13.8. The zero-order valence-corrected chi connectivity index (χ0v) is 21.5. The maximum atomic E-state index is 13.3. The van der Waals surface area contributed by atoms with Gasteiger partial charge in [0.25, 0.3) is 0 Å². The number of nitrogens with zero attached hydrogens (tertiary/aromatic N) is 2. The van der Waals surface area contributed by atoms with Crippen LogP contribution in [0.5, 0.6) is 0 Å². The number of amidine groups is 1. The van der Waals surface area contributed by atoms with E-state index in [9.17, 15) is 18.8 Å². The molecule has 2 heterocycles. The second-order valence-electron chi connectivity index (χ2n) is 9.88. The minimum absolute atomic E-state index is 0.103. The van der Waals surface area contributed by atoms with Crippen LogP contribution < -0.4 is 10.7 Å². The third-order valence-corrected chi connectivity index (χ3v) is 8.50. The number of halogens is 1. The van der Waals surface area contributed by atoms with Crippen molar-refractivity contribution in [1.82, 2.24) is 15.6 Å². The molecule has 2 atom stereocenters. The number of carbonyl (C=O) groups is 3. The van der Waals surface area contributed by atoms with Crippen molar-refractivity contribution in [3.05, 3.63) is 35.6 Å². The number of amides is 2. The molecule has 8 nitrogen and oxygen atoms in total. The quantitative estimate of drug-likeness (QED) is 0.405. The van der Waals surface area contributed by atoms with Gasteiger partial charge in [-0.3, -0.25) is 14.4 Å². The summed E-state index contributed by atoms with van der Waals surface area (Å²) in [4.78, 5) is 41.1. The van der Waals surface area contributed by atoms with Gasteiger partial charge in [-0.15, -0.1) is 5.10 Å². The molecular weight excluding hydrogens is 483 g/mol. The summed E-state index contributed by atoms with van der Waals surface area (Å²) in [5.74, 6) is -1.39. The van der Waals surface area contributed by atoms with Gasteiger partial charge < -0.3 is 15.0 Å². The number of rotatable bonds is 8. The van der Waals surface area contributed by atoms with E-state index in [1.165, 1.54) is 23.9 Å². The number of hydrogen-bond acceptors (Lipinski definition) is 6. The van der Waals surface area contributed by atoms with Crippen molar-refractivity contribution in [3.8, 4) is 0 Å². The van der Waals surface area contributed by atoms with Crippen molar-refractivity contribution < 1.29 is 23.5 Å². The minimum atomic E-state index is -0.881. The van der Waals surface area contributed by atoms with Gasteiger partial charge in [0.2, 0.25) is 11.7 Å². The van der Waals surface area contributed by atoms with Gasteiger partial charge in [-0.25, -0.2) is 9.82 Å². The number of hydrazone groups is 1. The van der Waals surface area contributed by atoms with Crippen molar-refractivity contribution in [2.75, 3.05) is 19.0 Å². The molecule has 36 heavy (non-hydrogen) atoms. The summed E-state index contributed by atoms with van der Waals surface area (Å²) in [7, 11) is 0. The average Bonchev–Trinajstić information content (AvgIpc) is 3.26. The van der Waals surface area contributed by atoms with E-state index in [1.54, 1.807) is 12.1 Å². The van der Waals surface area contributed by atoms with Gasteiger partial charge >= 0.3 is 5.91 Å². The summed E-state index contributed by atoms with van der Waals surface area (Å²) in [6.45, 7) is 3.57. The first-order chi connectivity index (χ1) is 17.4. The summed E-state index contributed by atoms with van der Waals surface area (Å²) < 4.78 is 18.7. The number of benzene rings is 1. The summed E-state index contributed by atoms with van der Waals surface area (Å²) in [5.41, 5.74) is 3.36. The van der Waals surface area contributed by atoms with E-state index < -0.39 is 17.7 Å². The Kier molecular flexibility index (Phi) is 9.36. The second kappa shape index (κ2) is 12.7. The van der Waals surface area contributed by atoms with Gasteiger partial charge in [-0.05, 0) is 56.2 Å². The fourth-order valence-corrected chi connectivity index (χ4v) is 6.13. The van der Waals surface area contributed by atoms with Crippen LogP contribution in [0.15, 0.2) is 29.4 Å². The maximum absolute atomic E-state index is 13.3. The molecule has 10 heteroatoms. The molecule has 1 saturated carbocycles. The van der Waals surface area contributed by atoms with Crippen molar-refractivity contribution in [3.63, 3.8) is 0 Å². The highest BCUT2D eigenvalue weighted by Crippen LogP contribution is 2.27. The van der Waals surface area contributed by atoms with Gasteiger partial charge in [0.05, 0.1) is 0 Å². The Morgan fingerprint density at radius 3 is 2.50 bits per heavy atom. The third kappa shape index (κ3) is 6.85. The van der Waals surface area contributed by atoms with E-state index in [0.717, 1.165) is 43.4 Å². The number of Topliss-reactive ketones (excluding diaryl/α,β-unsaturated/α-hetero) is 1. The summed E-state index contributed by atoms with van der Waals surface area (Å²) >= 11 is 1.49. The average molecular weight is 519 g/mol. The van der Waals surface area contributed by atoms with Gasteiger partial charge in [0.15, 0.2) is 5.17 Å². The number of nitrogens with one attached hydrogen (secondary N) is 2. The first-order valence-electron chi connectivity index (χ1n) is 12.9. The van der Waals surface area contributed by atoms with Crippen LogP contribution in [-0.4, -0.2) is 58.7 Å². The lowest BCUT2D eigenvalue weighted by Crippen LogP contribution is -2.53. The van der Waals surface area contributed by atoms with Gasteiger partial charge in [0.1, 0.15) is 11.9 Å². The molecule has 2 saturated heterocycles. The first kappa shape index (κ1) is 26.6. The Balaban J connectivity index is 1.41. The molecule has 0 spiro atoms. The maximum Gasteiger partial charge on any atom is 0.309 e. The molecular formula is C26H35FN4O4S. The van der Waals surface area contributed by atoms with Crippen LogP contribution in [0.4, 0.5) is 4.39 Å². The highest BCUT2D eigenvalue weighted by Gasteiger charge is 2.37. The summed E-state index contributed by atoms with van der Waals surface area (Å²) in [6, 6.07) is 5.55. The fourth-order valence-electron chi connectivity index (χ4n) is 5.04. The lowest BCUT2D eigenvalue weighted by molar-refractivity contribution is -0.142. The highest BCUT2D eigenvalue weighted by atomic mass is 32.2. The largest absolute Gasteiger partial charge is 0.381 e. The Morgan fingerprint density at radius 2 is 1.81 bits per heavy atom. The number of carbonyl (C=O) groups excluding carboxylic acids is 3. The third-order valence-electron chi connectivity index (χ3n) is 7.27. The van der Waals surface area contributed by atoms with Crippen LogP contribution in [0.2, 0.25) is 0 Å². The standard InChI is InChI=1S/C26H35FN4O4S/c1-17-16-36-26(31(17)15-18-7-9-21(27)10-8-18)30-29-25(34)23(32)22(19-11-13-35-14-12-19)28-24(33)20-5-3-2-4-6-20/h7-10,17,19-20,22H,2-6,11-16H2,1H3,(H,28,33)(H,29,34)/b30-26-/t17-,22-/m1/s1. The van der Waals surface area contributed by atoms with Crippen LogP contribution in [0.25, 0.3) is 0 Å². The second-order valence-corrected chi connectivity index (χ2v) is 10.9. The number of hydrogen-bond donors (Lipinski definition) is 2. The SMILES string of the molecule is C[C@@H]1CS/C(=N\NC(=O)C(=O)[C@H](NC(=O)C2CCCCC2)C2CCOCC2)N1Cc1ccc(F)cc1. The Bertz CT molecular complexity index is 961. The molecule has 2 aliphatic heterocycles. The number of ether oxygens (including phenoxy) is 1. The zero-order chi connectivity index (χ0) is 25.5. The molecule has 196 valence electrons. The number of ketones is 1. The Morgan fingerprint density at radius 1 is 1.11 bits per heavy atom. The smallest absolute Gasteiger partial charge is 0.309 e. The molecule has 3 fully saturated rings. The zero-order valence-electron chi connectivity index (χ0n) is 20.7. The van der Waals surface area contributed by atoms with Crippen LogP contribution in [0.3, 0.4) is 0 Å². The predicted octanol–water partition coefficient (Wildman–Crippen LogP) is 3.21. The molecule has 0 bridgehead atoms. The van der Waals surface area contributed by atoms with Crippen molar-refractivity contribution >= 4 is 34.5 Å². The summed E-state index contributed by atoms with van der Waals surface area (Å²) in [5, 5.41) is 7.78. The van der Waals surface area contributed by atoms with Crippen molar-refractivity contribution in [2.24, 2.45) is 16.9 Å². The van der Waals surface area contributed by atoms with E-state index in [1.807, 2.05) is 11.8 Å². The molecule has 0 unspecified atom stereocenters. The molecule has 1 aromatic carbocycles. The van der Waals surface area contributed by atoms with Crippen molar-refractivity contribution in [2.45, 2.75) is 70.5 Å². The van der Waals surface area contributed by atoms with Gasteiger partial charge in [-0.2, -0.15) is 0 Å². The molecule has 1 aromatic rings. The summed E-state index contributed by atoms with van der Waals surface area (Å²) in [6.07, 6.45) is 6.01. The molecule has 0 radical (unpaired) electrons. The normalized spacial score (nSPS) is 23.4. The van der Waals surface area contributed by atoms with Crippen LogP contribution in [0.1, 0.15) is 57.4 Å². The lowest BCUT2D eigenvalue weighted by Gasteiger charge is -2.31. The van der Waals surface area contributed by atoms with Gasteiger partial charge in [0, 0.05) is 37.5 Å². The van der Waals surface area contributed by atoms with Crippen LogP contribution in [-0.2, 0) is 25.7 Å². The van der Waals surface area contributed by atoms with Crippen molar-refractivity contribution in [1.29, 1.82) is 0 Å². The van der Waals surface area contributed by atoms with Crippen LogP contribution >= 0.6 is 11.8 Å². The van der Waals surface area contributed by atoms with E-state index >= 15 is 0 Å². The topological polar surface area (TPSA) is 100 Å². The van der Waals surface area contributed by atoms with E-state index in [-0.39, 0.29) is 29.6 Å². The van der Waals surface area contributed by atoms with E-state index in [2.05, 4.69) is 15.8 Å². The molecule has 2 amide bonds. The lowest BCUT2D eigenvalue weighted by atomic mass is 9.85. The monoisotopic (exact) mass is 518 g/mol. The van der Waals surface area contributed by atoms with Gasteiger partial charge in [-0.1, -0.05) is 43.2 Å². The molecule has 2 N–H and O–H groups in total.